The van der Waals surface area contributed by atoms with Gasteiger partial charge < -0.3 is 5.32 Å². The van der Waals surface area contributed by atoms with E-state index in [1.165, 1.54) is 24.3 Å². The Kier molecular flexibility index (Phi) is 6.69. The highest BCUT2D eigenvalue weighted by molar-refractivity contribution is 7.89. The molecule has 0 heterocycles. The van der Waals surface area contributed by atoms with E-state index in [1.54, 1.807) is 12.1 Å². The maximum atomic E-state index is 13.2. The number of hydrogen-bond acceptors (Lipinski definition) is 3. The van der Waals surface area contributed by atoms with Gasteiger partial charge in [0.25, 0.3) is 0 Å². The summed E-state index contributed by atoms with van der Waals surface area (Å²) in [5, 5.41) is 3.19. The molecular formula is C22H21ClN2O3S. The third-order valence-corrected chi connectivity index (χ3v) is 6.37. The Morgan fingerprint density at radius 1 is 0.931 bits per heavy atom. The Bertz CT molecular complexity index is 1070. The van der Waals surface area contributed by atoms with Crippen LogP contribution in [0.4, 0.5) is 5.69 Å². The summed E-state index contributed by atoms with van der Waals surface area (Å²) in [5.74, 6) is -0.415. The summed E-state index contributed by atoms with van der Waals surface area (Å²) in [6.45, 7) is 1.72. The van der Waals surface area contributed by atoms with Crippen LogP contribution in [0.1, 0.15) is 11.1 Å². The Labute approximate surface area is 176 Å². The number of sulfonamides is 1. The summed E-state index contributed by atoms with van der Waals surface area (Å²) in [6.07, 6.45) is 0. The lowest BCUT2D eigenvalue weighted by Gasteiger charge is -2.22. The SMILES string of the molecule is Cc1ccc(NC(=O)CN(Cc2ccccc2)S(=O)(=O)c2ccc(Cl)cc2)cc1. The van der Waals surface area contributed by atoms with Crippen LogP contribution in [0.3, 0.4) is 0 Å². The summed E-state index contributed by atoms with van der Waals surface area (Å²) in [5.41, 5.74) is 2.47. The normalized spacial score (nSPS) is 11.4. The van der Waals surface area contributed by atoms with Crippen molar-refractivity contribution in [3.63, 3.8) is 0 Å². The Morgan fingerprint density at radius 2 is 1.55 bits per heavy atom. The minimum Gasteiger partial charge on any atom is -0.325 e. The molecule has 3 aromatic carbocycles. The second-order valence-corrected chi connectivity index (χ2v) is 9.00. The van der Waals surface area contributed by atoms with Crippen molar-refractivity contribution in [2.24, 2.45) is 0 Å². The molecule has 0 atom stereocenters. The molecule has 0 spiro atoms. The number of benzene rings is 3. The predicted octanol–water partition coefficient (Wildman–Crippen LogP) is 4.48. The Balaban J connectivity index is 1.85. The van der Waals surface area contributed by atoms with E-state index in [4.69, 9.17) is 11.6 Å². The van der Waals surface area contributed by atoms with E-state index in [1.807, 2.05) is 49.4 Å². The molecule has 3 rings (SSSR count). The monoisotopic (exact) mass is 428 g/mol. The van der Waals surface area contributed by atoms with Gasteiger partial charge in [-0.3, -0.25) is 4.79 Å². The molecule has 1 amide bonds. The van der Waals surface area contributed by atoms with Crippen LogP contribution in [-0.4, -0.2) is 25.2 Å². The fourth-order valence-electron chi connectivity index (χ4n) is 2.77. The molecule has 0 bridgehead atoms. The van der Waals surface area contributed by atoms with Crippen molar-refractivity contribution in [2.45, 2.75) is 18.4 Å². The number of amides is 1. The highest BCUT2D eigenvalue weighted by Gasteiger charge is 2.27. The van der Waals surface area contributed by atoms with Crippen molar-refractivity contribution >= 4 is 33.2 Å². The predicted molar refractivity (Wildman–Crippen MR) is 115 cm³/mol. The molecule has 0 aliphatic carbocycles. The number of carbonyl (C=O) groups excluding carboxylic acids is 1. The van der Waals surface area contributed by atoms with Gasteiger partial charge in [-0.2, -0.15) is 4.31 Å². The maximum absolute atomic E-state index is 13.2. The molecule has 3 aromatic rings. The van der Waals surface area contributed by atoms with E-state index in [0.29, 0.717) is 10.7 Å². The van der Waals surface area contributed by atoms with Crippen LogP contribution in [0.15, 0.2) is 83.8 Å². The summed E-state index contributed by atoms with van der Waals surface area (Å²) < 4.78 is 27.5. The zero-order chi connectivity index (χ0) is 20.9. The lowest BCUT2D eigenvalue weighted by molar-refractivity contribution is -0.116. The molecule has 0 aliphatic heterocycles. The molecule has 7 heteroatoms. The first kappa shape index (κ1) is 21.0. The number of anilines is 1. The molecule has 0 saturated carbocycles. The average Bonchev–Trinajstić information content (AvgIpc) is 2.70. The summed E-state index contributed by atoms with van der Waals surface area (Å²) in [4.78, 5) is 12.7. The third kappa shape index (κ3) is 5.67. The van der Waals surface area contributed by atoms with Crippen molar-refractivity contribution in [3.05, 3.63) is 95.0 Å². The largest absolute Gasteiger partial charge is 0.325 e. The van der Waals surface area contributed by atoms with Crippen LogP contribution in [-0.2, 0) is 21.4 Å². The van der Waals surface area contributed by atoms with Crippen LogP contribution in [0.5, 0.6) is 0 Å². The Morgan fingerprint density at radius 3 is 2.17 bits per heavy atom. The van der Waals surface area contributed by atoms with Gasteiger partial charge in [0.2, 0.25) is 15.9 Å². The van der Waals surface area contributed by atoms with Gasteiger partial charge in [-0.15, -0.1) is 0 Å². The van der Waals surface area contributed by atoms with Crippen LogP contribution in [0.25, 0.3) is 0 Å². The zero-order valence-electron chi connectivity index (χ0n) is 15.9. The van der Waals surface area contributed by atoms with Gasteiger partial charge in [0, 0.05) is 17.3 Å². The standard InChI is InChI=1S/C22H21ClN2O3S/c1-17-7-11-20(12-8-17)24-22(26)16-25(15-18-5-3-2-4-6-18)29(27,28)21-13-9-19(23)10-14-21/h2-14H,15-16H2,1H3,(H,24,26). The minimum atomic E-state index is -3.90. The van der Waals surface area contributed by atoms with Gasteiger partial charge in [0.05, 0.1) is 11.4 Å². The molecule has 150 valence electrons. The van der Waals surface area contributed by atoms with Gasteiger partial charge >= 0.3 is 0 Å². The second-order valence-electron chi connectivity index (χ2n) is 6.63. The topological polar surface area (TPSA) is 66.5 Å². The van der Waals surface area contributed by atoms with Crippen molar-refractivity contribution in [2.75, 3.05) is 11.9 Å². The van der Waals surface area contributed by atoms with Crippen molar-refractivity contribution in [1.29, 1.82) is 0 Å². The second kappa shape index (κ2) is 9.22. The summed E-state index contributed by atoms with van der Waals surface area (Å²) >= 11 is 5.88. The molecule has 0 aromatic heterocycles. The van der Waals surface area contributed by atoms with Crippen LogP contribution in [0, 0.1) is 6.92 Å². The Hall–Kier alpha value is -2.67. The number of nitrogens with zero attached hydrogens (tertiary/aromatic N) is 1. The van der Waals surface area contributed by atoms with Crippen LogP contribution >= 0.6 is 11.6 Å². The maximum Gasteiger partial charge on any atom is 0.243 e. The minimum absolute atomic E-state index is 0.0765. The zero-order valence-corrected chi connectivity index (χ0v) is 17.5. The number of nitrogens with one attached hydrogen (secondary N) is 1. The van der Waals surface area contributed by atoms with Gasteiger partial charge in [0.15, 0.2) is 0 Å². The van der Waals surface area contributed by atoms with E-state index in [2.05, 4.69) is 5.32 Å². The molecule has 0 saturated heterocycles. The third-order valence-electron chi connectivity index (χ3n) is 4.31. The van der Waals surface area contributed by atoms with Crippen molar-refractivity contribution in [3.8, 4) is 0 Å². The van der Waals surface area contributed by atoms with Gasteiger partial charge in [-0.25, -0.2) is 8.42 Å². The number of hydrogen-bond donors (Lipinski definition) is 1. The first-order valence-electron chi connectivity index (χ1n) is 9.01. The van der Waals surface area contributed by atoms with Gasteiger partial charge in [-0.05, 0) is 48.9 Å². The average molecular weight is 429 g/mol. The lowest BCUT2D eigenvalue weighted by Crippen LogP contribution is -2.37. The first-order valence-corrected chi connectivity index (χ1v) is 10.8. The van der Waals surface area contributed by atoms with Crippen molar-refractivity contribution < 1.29 is 13.2 Å². The number of carbonyl (C=O) groups is 1. The van der Waals surface area contributed by atoms with Crippen LogP contribution < -0.4 is 5.32 Å². The van der Waals surface area contributed by atoms with E-state index in [9.17, 15) is 13.2 Å². The quantitative estimate of drug-likeness (QED) is 0.603. The van der Waals surface area contributed by atoms with Gasteiger partial charge in [0.1, 0.15) is 0 Å². The highest BCUT2D eigenvalue weighted by atomic mass is 35.5. The molecule has 1 N–H and O–H groups in total. The lowest BCUT2D eigenvalue weighted by atomic mass is 10.2. The summed E-state index contributed by atoms with van der Waals surface area (Å²) in [6, 6.07) is 22.4. The molecular weight excluding hydrogens is 408 g/mol. The van der Waals surface area contributed by atoms with E-state index >= 15 is 0 Å². The first-order chi connectivity index (χ1) is 13.8. The fourth-order valence-corrected chi connectivity index (χ4v) is 4.28. The fraction of sp³-hybridized carbons (Fsp3) is 0.136. The van der Waals surface area contributed by atoms with Crippen LogP contribution in [0.2, 0.25) is 5.02 Å². The van der Waals surface area contributed by atoms with E-state index in [-0.39, 0.29) is 18.0 Å². The molecule has 0 unspecified atom stereocenters. The van der Waals surface area contributed by atoms with E-state index in [0.717, 1.165) is 15.4 Å². The molecule has 0 radical (unpaired) electrons. The number of rotatable bonds is 7. The molecule has 29 heavy (non-hydrogen) atoms. The number of aryl methyl sites for hydroxylation is 1. The highest BCUT2D eigenvalue weighted by Crippen LogP contribution is 2.21. The molecule has 0 aliphatic rings. The van der Waals surface area contributed by atoms with Gasteiger partial charge in [-0.1, -0.05) is 59.6 Å². The summed E-state index contributed by atoms with van der Waals surface area (Å²) in [7, 11) is -3.90. The van der Waals surface area contributed by atoms with E-state index < -0.39 is 15.9 Å². The molecule has 5 nitrogen and oxygen atoms in total. The van der Waals surface area contributed by atoms with Crippen molar-refractivity contribution in [1.82, 2.24) is 4.31 Å². The molecule has 0 fully saturated rings. The number of halogens is 1. The smallest absolute Gasteiger partial charge is 0.243 e.